The lowest BCUT2D eigenvalue weighted by Gasteiger charge is -2.13. The summed E-state index contributed by atoms with van der Waals surface area (Å²) in [4.78, 5) is 16.2. The Hall–Kier alpha value is -3.21. The predicted molar refractivity (Wildman–Crippen MR) is 113 cm³/mol. The molecule has 0 unspecified atom stereocenters. The molecule has 0 spiro atoms. The molecule has 3 rings (SSSR count). The molecule has 0 aliphatic heterocycles. The number of primary amides is 1. The van der Waals surface area contributed by atoms with Crippen LogP contribution in [0.25, 0.3) is 16.5 Å². The minimum absolute atomic E-state index is 0.260. The molecule has 1 amide bonds. The molecule has 28 heavy (non-hydrogen) atoms. The monoisotopic (exact) mass is 436 g/mol. The fourth-order valence-corrected chi connectivity index (χ4v) is 3.22. The third kappa shape index (κ3) is 4.19. The van der Waals surface area contributed by atoms with Gasteiger partial charge in [-0.25, -0.2) is 0 Å². The molecule has 2 aromatic carbocycles. The molecule has 0 saturated heterocycles. The highest BCUT2D eigenvalue weighted by atomic mass is 79.9. The van der Waals surface area contributed by atoms with Gasteiger partial charge in [0.25, 0.3) is 0 Å². The topological polar surface area (TPSA) is 101 Å². The molecular weight excluding hydrogens is 420 g/mol. The van der Waals surface area contributed by atoms with Crippen LogP contribution in [-0.2, 0) is 9.53 Å². The zero-order valence-corrected chi connectivity index (χ0v) is 16.7. The lowest BCUT2D eigenvalue weighted by molar-refractivity contribution is -0.112. The van der Waals surface area contributed by atoms with Crippen LogP contribution in [0.3, 0.4) is 0 Å². The van der Waals surface area contributed by atoms with E-state index in [1.54, 1.807) is 31.4 Å². The summed E-state index contributed by atoms with van der Waals surface area (Å²) in [6, 6.07) is 15.2. The molecule has 0 aliphatic carbocycles. The zero-order chi connectivity index (χ0) is 20.1. The van der Waals surface area contributed by atoms with E-state index in [-0.39, 0.29) is 6.61 Å². The Balaban J connectivity index is 2.18. The fraction of sp³-hybridized carbons (Fsp3) is 0.0952. The van der Waals surface area contributed by atoms with Crippen LogP contribution in [-0.4, -0.2) is 24.6 Å². The van der Waals surface area contributed by atoms with E-state index in [4.69, 9.17) is 10.5 Å². The van der Waals surface area contributed by atoms with E-state index in [2.05, 4.69) is 32.3 Å². The van der Waals surface area contributed by atoms with Gasteiger partial charge in [0, 0.05) is 34.4 Å². The number of rotatable bonds is 6. The van der Waals surface area contributed by atoms with Crippen LogP contribution in [0.15, 0.2) is 59.2 Å². The van der Waals surface area contributed by atoms with Crippen LogP contribution >= 0.6 is 15.9 Å². The molecule has 0 atom stereocenters. The first kappa shape index (κ1) is 19.5. The first-order chi connectivity index (χ1) is 13.5. The van der Waals surface area contributed by atoms with Crippen molar-refractivity contribution in [3.05, 3.63) is 70.3 Å². The number of fused-ring (bicyclic) bond motifs is 1. The average molecular weight is 437 g/mol. The van der Waals surface area contributed by atoms with Gasteiger partial charge in [0.2, 0.25) is 5.91 Å². The van der Waals surface area contributed by atoms with Gasteiger partial charge in [-0.1, -0.05) is 28.1 Å². The standard InChI is InChI=1S/C21H17BrN4O2/c1-28-8-7-17(21(24)27)13-5-6-19-18(9-13)20(14(11-23)12-25-19)26-16-4-2-3-15(22)10-16/h2-7,9-10,12H,8H2,1H3,(H2,24,27)(H,25,26). The van der Waals surface area contributed by atoms with Crippen LogP contribution in [0.2, 0.25) is 0 Å². The zero-order valence-electron chi connectivity index (χ0n) is 15.1. The first-order valence-corrected chi connectivity index (χ1v) is 9.17. The molecule has 7 heteroatoms. The average Bonchev–Trinajstić information content (AvgIpc) is 2.68. The van der Waals surface area contributed by atoms with Crippen molar-refractivity contribution in [1.82, 2.24) is 4.98 Å². The largest absolute Gasteiger partial charge is 0.381 e. The number of nitrogens with one attached hydrogen (secondary N) is 1. The fourth-order valence-electron chi connectivity index (χ4n) is 2.82. The SMILES string of the molecule is COCC=C(C(N)=O)c1ccc2ncc(C#N)c(Nc3cccc(Br)c3)c2c1. The second-order valence-electron chi connectivity index (χ2n) is 5.96. The van der Waals surface area contributed by atoms with E-state index < -0.39 is 5.91 Å². The van der Waals surface area contributed by atoms with Gasteiger partial charge in [-0.2, -0.15) is 5.26 Å². The minimum atomic E-state index is -0.553. The van der Waals surface area contributed by atoms with Crippen molar-refractivity contribution in [2.75, 3.05) is 19.0 Å². The quantitative estimate of drug-likeness (QED) is 0.565. The summed E-state index contributed by atoms with van der Waals surface area (Å²) in [7, 11) is 1.54. The third-order valence-corrected chi connectivity index (χ3v) is 4.61. The number of anilines is 2. The van der Waals surface area contributed by atoms with Crippen molar-refractivity contribution in [1.29, 1.82) is 5.26 Å². The highest BCUT2D eigenvalue weighted by Gasteiger charge is 2.14. The van der Waals surface area contributed by atoms with Crippen molar-refractivity contribution in [3.63, 3.8) is 0 Å². The van der Waals surface area contributed by atoms with Gasteiger partial charge in [0.05, 0.1) is 23.4 Å². The van der Waals surface area contributed by atoms with Crippen LogP contribution in [0.4, 0.5) is 11.4 Å². The van der Waals surface area contributed by atoms with Crippen LogP contribution < -0.4 is 11.1 Å². The van der Waals surface area contributed by atoms with E-state index in [1.165, 1.54) is 6.20 Å². The van der Waals surface area contributed by atoms with Crippen molar-refractivity contribution in [3.8, 4) is 6.07 Å². The van der Waals surface area contributed by atoms with Crippen molar-refractivity contribution >= 4 is 49.7 Å². The van der Waals surface area contributed by atoms with Crippen LogP contribution in [0.1, 0.15) is 11.1 Å². The Kier molecular flexibility index (Phi) is 6.04. The van der Waals surface area contributed by atoms with Crippen LogP contribution in [0, 0.1) is 11.3 Å². The molecule has 0 aliphatic rings. The molecule has 140 valence electrons. The summed E-state index contributed by atoms with van der Waals surface area (Å²) in [6.07, 6.45) is 3.16. The Labute approximate surface area is 170 Å². The smallest absolute Gasteiger partial charge is 0.249 e. The first-order valence-electron chi connectivity index (χ1n) is 8.38. The van der Waals surface area contributed by atoms with E-state index in [0.717, 1.165) is 10.2 Å². The highest BCUT2D eigenvalue weighted by Crippen LogP contribution is 2.31. The van der Waals surface area contributed by atoms with E-state index in [0.29, 0.717) is 33.3 Å². The van der Waals surface area contributed by atoms with Gasteiger partial charge < -0.3 is 15.8 Å². The number of nitrogens with two attached hydrogens (primary N) is 1. The molecule has 3 aromatic rings. The summed E-state index contributed by atoms with van der Waals surface area (Å²) in [5.41, 5.74) is 9.03. The van der Waals surface area contributed by atoms with E-state index in [9.17, 15) is 10.1 Å². The number of nitrogens with zero attached hydrogens (tertiary/aromatic N) is 2. The van der Waals surface area contributed by atoms with Gasteiger partial charge in [-0.05, 0) is 42.0 Å². The predicted octanol–water partition coefficient (Wildman–Crippen LogP) is 4.13. The summed E-state index contributed by atoms with van der Waals surface area (Å²) in [5.74, 6) is -0.553. The highest BCUT2D eigenvalue weighted by molar-refractivity contribution is 9.10. The number of nitriles is 1. The van der Waals surface area contributed by atoms with Gasteiger partial charge in [-0.15, -0.1) is 0 Å². The molecule has 1 heterocycles. The molecule has 0 bridgehead atoms. The van der Waals surface area contributed by atoms with Crippen molar-refractivity contribution < 1.29 is 9.53 Å². The van der Waals surface area contributed by atoms with E-state index in [1.807, 2.05) is 24.3 Å². The minimum Gasteiger partial charge on any atom is -0.381 e. The summed E-state index contributed by atoms with van der Waals surface area (Å²) >= 11 is 3.44. The number of pyridine rings is 1. The second kappa shape index (κ2) is 8.65. The summed E-state index contributed by atoms with van der Waals surface area (Å²) in [6.45, 7) is 0.260. The second-order valence-corrected chi connectivity index (χ2v) is 6.88. The number of hydrogen-bond donors (Lipinski definition) is 2. The maximum absolute atomic E-state index is 11.9. The van der Waals surface area contributed by atoms with Gasteiger partial charge in [0.15, 0.2) is 0 Å². The lowest BCUT2D eigenvalue weighted by Crippen LogP contribution is -2.13. The Morgan fingerprint density at radius 1 is 1.36 bits per heavy atom. The number of benzene rings is 2. The van der Waals surface area contributed by atoms with Crippen LogP contribution in [0.5, 0.6) is 0 Å². The number of methoxy groups -OCH3 is 1. The Morgan fingerprint density at radius 2 is 2.18 bits per heavy atom. The van der Waals surface area contributed by atoms with E-state index >= 15 is 0 Å². The number of hydrogen-bond acceptors (Lipinski definition) is 5. The van der Waals surface area contributed by atoms with Gasteiger partial charge >= 0.3 is 0 Å². The van der Waals surface area contributed by atoms with Crippen molar-refractivity contribution in [2.45, 2.75) is 0 Å². The normalized spacial score (nSPS) is 11.2. The number of amides is 1. The number of carbonyl (C=O) groups excluding carboxylic acids is 1. The molecule has 3 N–H and O–H groups in total. The number of halogens is 1. The molecular formula is C21H17BrN4O2. The van der Waals surface area contributed by atoms with Gasteiger partial charge in [0.1, 0.15) is 6.07 Å². The summed E-state index contributed by atoms with van der Waals surface area (Å²) < 4.78 is 5.94. The summed E-state index contributed by atoms with van der Waals surface area (Å²) in [5, 5.41) is 13.6. The molecule has 0 radical (unpaired) electrons. The number of ether oxygens (including phenoxy) is 1. The van der Waals surface area contributed by atoms with Crippen molar-refractivity contribution in [2.24, 2.45) is 5.73 Å². The Morgan fingerprint density at radius 3 is 2.86 bits per heavy atom. The molecule has 6 nitrogen and oxygen atoms in total. The van der Waals surface area contributed by atoms with Gasteiger partial charge in [-0.3, -0.25) is 9.78 Å². The third-order valence-electron chi connectivity index (χ3n) is 4.11. The Bertz CT molecular complexity index is 1120. The molecule has 0 saturated carbocycles. The number of aromatic nitrogens is 1. The maximum atomic E-state index is 11.9. The molecule has 0 fully saturated rings. The number of carbonyl (C=O) groups is 1. The molecule has 1 aromatic heterocycles. The lowest BCUT2D eigenvalue weighted by atomic mass is 10.0. The maximum Gasteiger partial charge on any atom is 0.249 e.